The van der Waals surface area contributed by atoms with Crippen LogP contribution in [0.3, 0.4) is 0 Å². The van der Waals surface area contributed by atoms with E-state index in [4.69, 9.17) is 5.73 Å². The number of rotatable bonds is 3. The summed E-state index contributed by atoms with van der Waals surface area (Å²) in [6.45, 7) is 1.92. The van der Waals surface area contributed by atoms with E-state index in [1.807, 2.05) is 6.92 Å². The summed E-state index contributed by atoms with van der Waals surface area (Å²) < 4.78 is 25.7. The molecule has 1 nitrogen and oxygen atoms in total. The second-order valence-electron chi connectivity index (χ2n) is 3.11. The van der Waals surface area contributed by atoms with Gasteiger partial charge in [0, 0.05) is 6.04 Å². The second kappa shape index (κ2) is 4.33. The third-order valence-electron chi connectivity index (χ3n) is 2.01. The lowest BCUT2D eigenvalue weighted by atomic mass is 10.0. The molecule has 0 fully saturated rings. The molecule has 0 bridgehead atoms. The fourth-order valence-corrected chi connectivity index (χ4v) is 1.13. The van der Waals surface area contributed by atoms with Gasteiger partial charge in [0.2, 0.25) is 0 Å². The first-order valence-corrected chi connectivity index (χ1v) is 4.33. The maximum atomic E-state index is 13.0. The summed E-state index contributed by atoms with van der Waals surface area (Å²) in [5, 5.41) is 0. The second-order valence-corrected chi connectivity index (χ2v) is 3.11. The first-order valence-electron chi connectivity index (χ1n) is 4.33. The average molecular weight is 185 g/mol. The van der Waals surface area contributed by atoms with Gasteiger partial charge in [0.25, 0.3) is 0 Å². The summed E-state index contributed by atoms with van der Waals surface area (Å²) >= 11 is 0. The quantitative estimate of drug-likeness (QED) is 0.767. The van der Waals surface area contributed by atoms with Crippen molar-refractivity contribution in [3.05, 3.63) is 35.4 Å². The highest BCUT2D eigenvalue weighted by Gasteiger charge is 2.07. The van der Waals surface area contributed by atoms with Crippen LogP contribution in [0.15, 0.2) is 18.2 Å². The summed E-state index contributed by atoms with van der Waals surface area (Å²) in [7, 11) is 0. The Balaban J connectivity index is 2.81. The molecule has 1 unspecified atom stereocenters. The van der Waals surface area contributed by atoms with Crippen molar-refractivity contribution in [3.8, 4) is 0 Å². The molecule has 1 aromatic rings. The highest BCUT2D eigenvalue weighted by Crippen LogP contribution is 2.11. The number of hydrogen-bond acceptors (Lipinski definition) is 1. The van der Waals surface area contributed by atoms with Crippen molar-refractivity contribution in [2.24, 2.45) is 5.73 Å². The van der Waals surface area contributed by atoms with Gasteiger partial charge in [-0.3, -0.25) is 0 Å². The first kappa shape index (κ1) is 10.1. The SMILES string of the molecule is CCC(N)Cc1cc(F)ccc1F. The molecule has 0 radical (unpaired) electrons. The summed E-state index contributed by atoms with van der Waals surface area (Å²) in [5.74, 6) is -0.801. The minimum atomic E-state index is -0.417. The van der Waals surface area contributed by atoms with Gasteiger partial charge in [0.05, 0.1) is 0 Å². The molecule has 0 saturated heterocycles. The number of hydrogen-bond donors (Lipinski definition) is 1. The summed E-state index contributed by atoms with van der Waals surface area (Å²) in [4.78, 5) is 0. The van der Waals surface area contributed by atoms with E-state index in [-0.39, 0.29) is 11.9 Å². The van der Waals surface area contributed by atoms with Crippen LogP contribution in [0.1, 0.15) is 18.9 Å². The van der Waals surface area contributed by atoms with E-state index in [9.17, 15) is 8.78 Å². The third kappa shape index (κ3) is 2.77. The fraction of sp³-hybridized carbons (Fsp3) is 0.400. The van der Waals surface area contributed by atoms with Gasteiger partial charge in [-0.15, -0.1) is 0 Å². The standard InChI is InChI=1S/C10H13F2N/c1-2-9(13)6-7-5-8(11)3-4-10(7)12/h3-5,9H,2,6,13H2,1H3. The van der Waals surface area contributed by atoms with E-state index in [1.165, 1.54) is 6.07 Å². The Kier molecular flexibility index (Phi) is 3.37. The molecule has 0 aliphatic heterocycles. The van der Waals surface area contributed by atoms with E-state index in [2.05, 4.69) is 0 Å². The van der Waals surface area contributed by atoms with Crippen molar-refractivity contribution < 1.29 is 8.78 Å². The van der Waals surface area contributed by atoms with Gasteiger partial charge in [-0.2, -0.15) is 0 Å². The monoisotopic (exact) mass is 185 g/mol. The molecule has 0 amide bonds. The van der Waals surface area contributed by atoms with Gasteiger partial charge in [0.15, 0.2) is 0 Å². The third-order valence-corrected chi connectivity index (χ3v) is 2.01. The molecule has 3 heteroatoms. The topological polar surface area (TPSA) is 26.0 Å². The lowest BCUT2D eigenvalue weighted by Gasteiger charge is -2.09. The Morgan fingerprint density at radius 2 is 2.08 bits per heavy atom. The Bertz CT molecular complexity index is 286. The number of nitrogens with two attached hydrogens (primary N) is 1. The van der Waals surface area contributed by atoms with Gasteiger partial charge in [0.1, 0.15) is 11.6 Å². The minimum Gasteiger partial charge on any atom is -0.327 e. The molecule has 0 aliphatic carbocycles. The lowest BCUT2D eigenvalue weighted by molar-refractivity contribution is 0.563. The first-order chi connectivity index (χ1) is 6.13. The van der Waals surface area contributed by atoms with Crippen molar-refractivity contribution >= 4 is 0 Å². The van der Waals surface area contributed by atoms with Gasteiger partial charge in [-0.1, -0.05) is 6.92 Å². The summed E-state index contributed by atoms with van der Waals surface area (Å²) in [6.07, 6.45) is 1.15. The van der Waals surface area contributed by atoms with Crippen LogP contribution in [-0.2, 0) is 6.42 Å². The zero-order chi connectivity index (χ0) is 9.84. The Hall–Kier alpha value is -0.960. The van der Waals surface area contributed by atoms with Gasteiger partial charge in [-0.25, -0.2) is 8.78 Å². The van der Waals surface area contributed by atoms with Crippen LogP contribution in [0.25, 0.3) is 0 Å². The molecule has 0 aliphatic rings. The molecular weight excluding hydrogens is 172 g/mol. The molecule has 1 atom stereocenters. The molecule has 2 N–H and O–H groups in total. The molecule has 0 heterocycles. The van der Waals surface area contributed by atoms with E-state index in [1.54, 1.807) is 0 Å². The maximum Gasteiger partial charge on any atom is 0.126 e. The van der Waals surface area contributed by atoms with Crippen LogP contribution < -0.4 is 5.73 Å². The van der Waals surface area contributed by atoms with E-state index in [0.717, 1.165) is 18.6 Å². The minimum absolute atomic E-state index is 0.101. The molecule has 13 heavy (non-hydrogen) atoms. The molecule has 0 aromatic heterocycles. The van der Waals surface area contributed by atoms with Crippen molar-refractivity contribution in [1.29, 1.82) is 0 Å². The summed E-state index contributed by atoms with van der Waals surface area (Å²) in [5.41, 5.74) is 5.99. The van der Waals surface area contributed by atoms with Crippen LogP contribution in [0.5, 0.6) is 0 Å². The number of benzene rings is 1. The fourth-order valence-electron chi connectivity index (χ4n) is 1.13. The van der Waals surface area contributed by atoms with Crippen LogP contribution >= 0.6 is 0 Å². The van der Waals surface area contributed by atoms with Crippen molar-refractivity contribution in [2.75, 3.05) is 0 Å². The maximum absolute atomic E-state index is 13.0. The van der Waals surface area contributed by atoms with Crippen molar-refractivity contribution in [2.45, 2.75) is 25.8 Å². The van der Waals surface area contributed by atoms with Gasteiger partial charge in [-0.05, 0) is 36.6 Å². The van der Waals surface area contributed by atoms with E-state index in [0.29, 0.717) is 12.0 Å². The Morgan fingerprint density at radius 1 is 1.38 bits per heavy atom. The Morgan fingerprint density at radius 3 is 2.69 bits per heavy atom. The van der Waals surface area contributed by atoms with Crippen molar-refractivity contribution in [1.82, 2.24) is 0 Å². The predicted octanol–water partition coefficient (Wildman–Crippen LogP) is 2.24. The van der Waals surface area contributed by atoms with Crippen molar-refractivity contribution in [3.63, 3.8) is 0 Å². The van der Waals surface area contributed by atoms with Crippen LogP contribution in [0, 0.1) is 11.6 Å². The average Bonchev–Trinajstić information content (AvgIpc) is 2.11. The predicted molar refractivity (Wildman–Crippen MR) is 48.3 cm³/mol. The largest absolute Gasteiger partial charge is 0.327 e. The highest BCUT2D eigenvalue weighted by molar-refractivity contribution is 5.19. The Labute approximate surface area is 76.6 Å². The highest BCUT2D eigenvalue weighted by atomic mass is 19.1. The molecule has 0 spiro atoms. The molecule has 72 valence electrons. The lowest BCUT2D eigenvalue weighted by Crippen LogP contribution is -2.22. The van der Waals surface area contributed by atoms with Gasteiger partial charge < -0.3 is 5.73 Å². The van der Waals surface area contributed by atoms with E-state index < -0.39 is 5.82 Å². The molecular formula is C10H13F2N. The zero-order valence-corrected chi connectivity index (χ0v) is 7.56. The normalized spacial score (nSPS) is 12.9. The zero-order valence-electron chi connectivity index (χ0n) is 7.56. The smallest absolute Gasteiger partial charge is 0.126 e. The molecule has 1 aromatic carbocycles. The molecule has 1 rings (SSSR count). The number of halogens is 2. The van der Waals surface area contributed by atoms with Crippen LogP contribution in [-0.4, -0.2) is 6.04 Å². The summed E-state index contributed by atoms with van der Waals surface area (Å²) in [6, 6.07) is 3.34. The van der Waals surface area contributed by atoms with Crippen LogP contribution in [0.2, 0.25) is 0 Å². The molecule has 0 saturated carbocycles. The van der Waals surface area contributed by atoms with Gasteiger partial charge >= 0.3 is 0 Å². The van der Waals surface area contributed by atoms with E-state index >= 15 is 0 Å². The van der Waals surface area contributed by atoms with Crippen LogP contribution in [0.4, 0.5) is 8.78 Å².